The van der Waals surface area contributed by atoms with Crippen LogP contribution in [0.5, 0.6) is 5.75 Å². The number of hydrogen-bond donors (Lipinski definition) is 1. The maximum atomic E-state index is 13.2. The smallest absolute Gasteiger partial charge is 0.311 e. The maximum absolute atomic E-state index is 13.2. The van der Waals surface area contributed by atoms with E-state index in [4.69, 9.17) is 23.2 Å². The topological polar surface area (TPSA) is 115 Å². The number of nitro groups is 1. The number of carbonyl (C=O) groups excluding carboxylic acids is 1. The Morgan fingerprint density at radius 3 is 2.09 bits per heavy atom. The van der Waals surface area contributed by atoms with E-state index in [2.05, 4.69) is 0 Å². The summed E-state index contributed by atoms with van der Waals surface area (Å²) in [6.07, 6.45) is 1.05. The molecule has 0 bridgehead atoms. The number of nitrogens with zero attached hydrogens (tertiary/aromatic N) is 1. The molecule has 3 rings (SSSR count). The first-order valence-electron chi connectivity index (χ1n) is 9.03. The van der Waals surface area contributed by atoms with Gasteiger partial charge < -0.3 is 5.11 Å². The third kappa shape index (κ3) is 5.53. The number of ketones is 1. The van der Waals surface area contributed by atoms with Crippen LogP contribution < -0.4 is 0 Å². The first-order valence-corrected chi connectivity index (χ1v) is 11.4. The third-order valence-corrected chi connectivity index (χ3v) is 6.62. The Kier molecular flexibility index (Phi) is 6.98. The molecule has 0 fully saturated rings. The molecule has 0 aromatic heterocycles. The van der Waals surface area contributed by atoms with Crippen LogP contribution in [0.15, 0.2) is 71.6 Å². The van der Waals surface area contributed by atoms with E-state index in [1.165, 1.54) is 54.6 Å². The summed E-state index contributed by atoms with van der Waals surface area (Å²) in [5.41, 5.74) is -0.0758. The zero-order valence-electron chi connectivity index (χ0n) is 16.2. The second-order valence-electron chi connectivity index (χ2n) is 6.74. The van der Waals surface area contributed by atoms with Gasteiger partial charge in [-0.1, -0.05) is 41.4 Å². The molecule has 0 spiro atoms. The molecule has 0 aliphatic rings. The van der Waals surface area contributed by atoms with E-state index in [0.717, 1.165) is 18.2 Å². The van der Waals surface area contributed by atoms with E-state index in [9.17, 15) is 28.4 Å². The molecule has 0 aliphatic carbocycles. The van der Waals surface area contributed by atoms with Gasteiger partial charge in [-0.05, 0) is 59.7 Å². The van der Waals surface area contributed by atoms with Crippen molar-refractivity contribution >= 4 is 50.6 Å². The molecule has 164 valence electrons. The molecule has 3 aromatic rings. The normalized spacial score (nSPS) is 11.9. The minimum absolute atomic E-state index is 0.0616. The molecule has 0 aliphatic heterocycles. The molecule has 7 nitrogen and oxygen atoms in total. The Balaban J connectivity index is 2.12. The first kappa shape index (κ1) is 23.5. The van der Waals surface area contributed by atoms with Crippen LogP contribution in [0.2, 0.25) is 10.0 Å². The molecule has 0 amide bonds. The lowest BCUT2D eigenvalue weighted by molar-refractivity contribution is -0.385. The molecule has 0 saturated heterocycles. The van der Waals surface area contributed by atoms with Gasteiger partial charge in [-0.15, -0.1) is 0 Å². The number of carbonyl (C=O) groups is 1. The number of halogens is 2. The number of Topliss-reactive ketones (excluding diaryl/α,β-unsaturated/α-hetero) is 1. The first-order chi connectivity index (χ1) is 15.1. The van der Waals surface area contributed by atoms with Crippen molar-refractivity contribution < 1.29 is 23.2 Å². The molecule has 0 unspecified atom stereocenters. The van der Waals surface area contributed by atoms with Crippen LogP contribution in [-0.2, 0) is 15.6 Å². The van der Waals surface area contributed by atoms with Crippen molar-refractivity contribution in [1.82, 2.24) is 0 Å². The number of sulfone groups is 1. The van der Waals surface area contributed by atoms with Crippen LogP contribution in [0, 0.1) is 10.1 Å². The molecule has 0 heterocycles. The number of benzene rings is 3. The lowest BCUT2D eigenvalue weighted by atomic mass is 10.1. The average molecular weight is 492 g/mol. The van der Waals surface area contributed by atoms with Gasteiger partial charge >= 0.3 is 5.69 Å². The zero-order valence-corrected chi connectivity index (χ0v) is 18.6. The van der Waals surface area contributed by atoms with Crippen molar-refractivity contribution in [2.24, 2.45) is 0 Å². The SMILES string of the molecule is O=C(/C(=C\c1ccc(O)c([N+](=O)[O-])c1)S(=O)(=O)Cc1ccc(Cl)cc1)c1ccc(Cl)cc1. The summed E-state index contributed by atoms with van der Waals surface area (Å²) < 4.78 is 26.5. The molecule has 0 radical (unpaired) electrons. The molecular weight excluding hydrogens is 477 g/mol. The lowest BCUT2D eigenvalue weighted by Gasteiger charge is -2.10. The number of rotatable bonds is 7. The van der Waals surface area contributed by atoms with Crippen LogP contribution in [-0.4, -0.2) is 24.2 Å². The van der Waals surface area contributed by atoms with Gasteiger partial charge in [-0.2, -0.15) is 0 Å². The van der Waals surface area contributed by atoms with Crippen LogP contribution in [0.3, 0.4) is 0 Å². The van der Waals surface area contributed by atoms with Crippen LogP contribution in [0.1, 0.15) is 21.5 Å². The number of nitro benzene ring substituents is 1. The molecule has 0 atom stereocenters. The van der Waals surface area contributed by atoms with Gasteiger partial charge in [0.05, 0.1) is 10.7 Å². The summed E-state index contributed by atoms with van der Waals surface area (Å²) in [5.74, 6) is -1.87. The number of aromatic hydroxyl groups is 1. The van der Waals surface area contributed by atoms with Crippen molar-refractivity contribution in [1.29, 1.82) is 0 Å². The van der Waals surface area contributed by atoms with Crippen molar-refractivity contribution in [3.63, 3.8) is 0 Å². The van der Waals surface area contributed by atoms with Crippen molar-refractivity contribution in [2.75, 3.05) is 0 Å². The largest absolute Gasteiger partial charge is 0.502 e. The summed E-state index contributed by atoms with van der Waals surface area (Å²) in [6, 6.07) is 15.1. The van der Waals surface area contributed by atoms with Crippen LogP contribution >= 0.6 is 23.2 Å². The van der Waals surface area contributed by atoms with Crippen LogP contribution in [0.4, 0.5) is 5.69 Å². The second-order valence-corrected chi connectivity index (χ2v) is 9.57. The van der Waals surface area contributed by atoms with Crippen molar-refractivity contribution in [2.45, 2.75) is 5.75 Å². The Morgan fingerprint density at radius 2 is 1.53 bits per heavy atom. The Morgan fingerprint density at radius 1 is 0.969 bits per heavy atom. The summed E-state index contributed by atoms with van der Waals surface area (Å²) in [7, 11) is -4.18. The maximum Gasteiger partial charge on any atom is 0.311 e. The molecule has 1 N–H and O–H groups in total. The van der Waals surface area contributed by atoms with E-state index in [0.29, 0.717) is 15.6 Å². The highest BCUT2D eigenvalue weighted by Gasteiger charge is 2.27. The summed E-state index contributed by atoms with van der Waals surface area (Å²) in [5, 5.41) is 21.6. The van der Waals surface area contributed by atoms with Gasteiger partial charge in [0.15, 0.2) is 15.6 Å². The van der Waals surface area contributed by atoms with Gasteiger partial charge in [0.1, 0.15) is 4.91 Å². The molecule has 10 heteroatoms. The van der Waals surface area contributed by atoms with E-state index < -0.39 is 42.6 Å². The number of allylic oxidation sites excluding steroid dienone is 1. The highest BCUT2D eigenvalue weighted by Crippen LogP contribution is 2.29. The lowest BCUT2D eigenvalue weighted by Crippen LogP contribution is -2.16. The van der Waals surface area contributed by atoms with E-state index in [-0.39, 0.29) is 11.1 Å². The van der Waals surface area contributed by atoms with Crippen LogP contribution in [0.25, 0.3) is 6.08 Å². The van der Waals surface area contributed by atoms with E-state index in [1.807, 2.05) is 0 Å². The van der Waals surface area contributed by atoms with Gasteiger partial charge in [0.25, 0.3) is 0 Å². The predicted octanol–water partition coefficient (Wildman–Crippen LogP) is 5.45. The van der Waals surface area contributed by atoms with Crippen molar-refractivity contribution in [3.05, 3.63) is 108 Å². The minimum atomic E-state index is -4.18. The fourth-order valence-corrected chi connectivity index (χ4v) is 4.60. The van der Waals surface area contributed by atoms with Crippen molar-refractivity contribution in [3.8, 4) is 5.75 Å². The van der Waals surface area contributed by atoms with E-state index in [1.54, 1.807) is 0 Å². The van der Waals surface area contributed by atoms with Gasteiger partial charge in [-0.3, -0.25) is 14.9 Å². The summed E-state index contributed by atoms with van der Waals surface area (Å²) in [6.45, 7) is 0. The molecule has 3 aromatic carbocycles. The van der Waals surface area contributed by atoms with E-state index >= 15 is 0 Å². The number of phenolic OH excluding ortho intramolecular Hbond substituents is 1. The quantitative estimate of drug-likeness (QED) is 0.203. The third-order valence-electron chi connectivity index (χ3n) is 4.43. The Bertz CT molecular complexity index is 1320. The summed E-state index contributed by atoms with van der Waals surface area (Å²) in [4.78, 5) is 22.9. The fourth-order valence-electron chi connectivity index (χ4n) is 2.85. The number of phenols is 1. The van der Waals surface area contributed by atoms with Gasteiger partial charge in [0, 0.05) is 21.7 Å². The minimum Gasteiger partial charge on any atom is -0.502 e. The standard InChI is InChI=1S/C22H15Cl2NO6S/c23-17-6-1-14(2-7-17)13-32(30,31)21(22(27)16-4-8-18(24)9-5-16)12-15-3-10-20(26)19(11-15)25(28)29/h1-12,26H,13H2/b21-12+. The molecule has 32 heavy (non-hydrogen) atoms. The van der Waals surface area contributed by atoms with Gasteiger partial charge in [0.2, 0.25) is 5.78 Å². The zero-order chi connectivity index (χ0) is 23.5. The summed E-state index contributed by atoms with van der Waals surface area (Å²) >= 11 is 11.7. The molecular formula is C22H15Cl2NO6S. The number of hydrogen-bond acceptors (Lipinski definition) is 6. The predicted molar refractivity (Wildman–Crippen MR) is 123 cm³/mol. The second kappa shape index (κ2) is 9.52. The highest BCUT2D eigenvalue weighted by molar-refractivity contribution is 7.95. The molecule has 0 saturated carbocycles. The average Bonchev–Trinajstić information content (AvgIpc) is 2.74. The fraction of sp³-hybridized carbons (Fsp3) is 0.0455. The van der Waals surface area contributed by atoms with Gasteiger partial charge in [-0.25, -0.2) is 8.42 Å². The highest BCUT2D eigenvalue weighted by atomic mass is 35.5. The monoisotopic (exact) mass is 491 g/mol. The Labute approximate surface area is 193 Å². The Hall–Kier alpha value is -3.20.